The molecule has 0 bridgehead atoms. The molecule has 0 radical (unpaired) electrons. The van der Waals surface area contributed by atoms with Gasteiger partial charge in [0.05, 0.1) is 0 Å². The molecule has 25 heavy (non-hydrogen) atoms. The number of piperidine rings is 1. The first-order chi connectivity index (χ1) is 12.1. The Hall–Kier alpha value is -0.470. The highest BCUT2D eigenvalue weighted by molar-refractivity contribution is 8.02. The predicted octanol–water partition coefficient (Wildman–Crippen LogP) is 7.76. The summed E-state index contributed by atoms with van der Waals surface area (Å²) >= 11 is 1.84. The van der Waals surface area contributed by atoms with Crippen LogP contribution >= 0.6 is 11.8 Å². The van der Waals surface area contributed by atoms with Crippen molar-refractivity contribution in [3.8, 4) is 0 Å². The van der Waals surface area contributed by atoms with Crippen molar-refractivity contribution >= 4 is 11.8 Å². The van der Waals surface area contributed by atoms with Gasteiger partial charge in [0.2, 0.25) is 0 Å². The van der Waals surface area contributed by atoms with Crippen LogP contribution in [0.15, 0.2) is 34.8 Å². The summed E-state index contributed by atoms with van der Waals surface area (Å²) in [4.78, 5) is 1.44. The number of thioether (sulfide) groups is 1. The first-order valence-electron chi connectivity index (χ1n) is 10.4. The molecule has 0 aromatic heterocycles. The van der Waals surface area contributed by atoms with E-state index in [2.05, 4.69) is 70.5 Å². The van der Waals surface area contributed by atoms with Crippen molar-refractivity contribution in [3.63, 3.8) is 0 Å². The molecule has 1 aliphatic heterocycles. The molecule has 0 saturated carbocycles. The Balaban J connectivity index is 0. The molecular formula is C23H45NS. The predicted molar refractivity (Wildman–Crippen MR) is 122 cm³/mol. The third-order valence-corrected chi connectivity index (χ3v) is 5.26. The van der Waals surface area contributed by atoms with Gasteiger partial charge in [-0.2, -0.15) is 0 Å². The van der Waals surface area contributed by atoms with Gasteiger partial charge in [0, 0.05) is 11.4 Å². The topological polar surface area (TPSA) is 12.0 Å². The highest BCUT2D eigenvalue weighted by Gasteiger charge is 2.23. The zero-order valence-corrected chi connectivity index (χ0v) is 19.2. The van der Waals surface area contributed by atoms with Gasteiger partial charge in [-0.3, -0.25) is 0 Å². The molecule has 1 fully saturated rings. The van der Waals surface area contributed by atoms with Gasteiger partial charge in [0.25, 0.3) is 0 Å². The third-order valence-electron chi connectivity index (χ3n) is 4.39. The minimum absolute atomic E-state index is 0.609. The van der Waals surface area contributed by atoms with E-state index >= 15 is 0 Å². The first kappa shape index (κ1) is 26.8. The van der Waals surface area contributed by atoms with Crippen LogP contribution in [0.5, 0.6) is 0 Å². The van der Waals surface area contributed by atoms with Crippen LogP contribution in [0.25, 0.3) is 0 Å². The summed E-state index contributed by atoms with van der Waals surface area (Å²) in [5.41, 5.74) is 2.17. The minimum Gasteiger partial charge on any atom is -0.316 e. The highest BCUT2D eigenvalue weighted by atomic mass is 32.2. The molecule has 0 aromatic rings. The number of nitrogens with one attached hydrogen (secondary N) is 1. The van der Waals surface area contributed by atoms with Crippen LogP contribution in [-0.4, -0.2) is 19.3 Å². The standard InChI is InChI=1S/C10H14S.C8H17N.C3H8.C2H6/c1-3-9-7-5-4-6-8-10(9)11-2;1-3-8(2)5-4-6-9-7-8;1-3-2;1-2/h4-6,8H,3,7H2,1-2H3;9H,3-7H2,1-2H3;3H2,1-2H3;1-2H3. The Morgan fingerprint density at radius 1 is 1.12 bits per heavy atom. The molecule has 1 saturated heterocycles. The quantitative estimate of drug-likeness (QED) is 0.547. The summed E-state index contributed by atoms with van der Waals surface area (Å²) in [5, 5.41) is 3.43. The molecule has 1 unspecified atom stereocenters. The van der Waals surface area contributed by atoms with Crippen molar-refractivity contribution in [2.24, 2.45) is 5.41 Å². The largest absolute Gasteiger partial charge is 0.316 e. The van der Waals surface area contributed by atoms with E-state index in [4.69, 9.17) is 0 Å². The Labute approximate surface area is 163 Å². The van der Waals surface area contributed by atoms with Gasteiger partial charge in [0.1, 0.15) is 0 Å². The SMILES string of the molecule is CC.CCC.CCC1(C)CCCNC1.CCC1=C(SC)C=CC=CC1. The fourth-order valence-electron chi connectivity index (χ4n) is 2.60. The lowest BCUT2D eigenvalue weighted by Crippen LogP contribution is -2.37. The van der Waals surface area contributed by atoms with Gasteiger partial charge >= 0.3 is 0 Å². The second kappa shape index (κ2) is 18.3. The smallest absolute Gasteiger partial charge is 0.00641 e. The first-order valence-corrected chi connectivity index (χ1v) is 11.6. The summed E-state index contributed by atoms with van der Waals surface area (Å²) in [5.74, 6) is 0. The summed E-state index contributed by atoms with van der Waals surface area (Å²) in [6.07, 6.45) is 18.4. The lowest BCUT2D eigenvalue weighted by Gasteiger charge is -2.32. The van der Waals surface area contributed by atoms with Crippen molar-refractivity contribution in [1.82, 2.24) is 5.32 Å². The van der Waals surface area contributed by atoms with E-state index in [0.29, 0.717) is 5.41 Å². The molecule has 1 nitrogen and oxygen atoms in total. The maximum absolute atomic E-state index is 3.43. The van der Waals surface area contributed by atoms with Gasteiger partial charge < -0.3 is 5.32 Å². The molecule has 0 amide bonds. The molecule has 0 aromatic carbocycles. The van der Waals surface area contributed by atoms with Gasteiger partial charge in [-0.15, -0.1) is 11.8 Å². The van der Waals surface area contributed by atoms with Crippen LogP contribution < -0.4 is 5.32 Å². The number of hydrogen-bond donors (Lipinski definition) is 1. The van der Waals surface area contributed by atoms with Gasteiger partial charge in [-0.05, 0) is 56.4 Å². The Kier molecular flexibility index (Phi) is 19.6. The Morgan fingerprint density at radius 3 is 2.16 bits per heavy atom. The van der Waals surface area contributed by atoms with Crippen molar-refractivity contribution in [3.05, 3.63) is 34.8 Å². The Bertz CT molecular complexity index is 374. The molecule has 1 heterocycles. The van der Waals surface area contributed by atoms with E-state index in [1.54, 1.807) is 5.57 Å². The number of allylic oxidation sites excluding steroid dienone is 5. The normalized spacial score (nSPS) is 21.8. The minimum atomic E-state index is 0.609. The second-order valence-corrected chi connectivity index (χ2v) is 7.52. The van der Waals surface area contributed by atoms with Crippen LogP contribution in [0.1, 0.15) is 87.0 Å². The van der Waals surface area contributed by atoms with Crippen molar-refractivity contribution in [2.45, 2.75) is 87.0 Å². The summed E-state index contributed by atoms with van der Waals surface area (Å²) in [7, 11) is 0. The zero-order valence-electron chi connectivity index (χ0n) is 18.4. The lowest BCUT2D eigenvalue weighted by atomic mass is 9.81. The Morgan fingerprint density at radius 2 is 1.76 bits per heavy atom. The monoisotopic (exact) mass is 367 g/mol. The summed E-state index contributed by atoms with van der Waals surface area (Å²) in [6, 6.07) is 0. The zero-order chi connectivity index (χ0) is 19.6. The van der Waals surface area contributed by atoms with Crippen LogP contribution in [0, 0.1) is 5.41 Å². The molecule has 2 rings (SSSR count). The van der Waals surface area contributed by atoms with Gasteiger partial charge in [0.15, 0.2) is 0 Å². The molecular weight excluding hydrogens is 322 g/mol. The average Bonchev–Trinajstić information content (AvgIpc) is 2.90. The van der Waals surface area contributed by atoms with E-state index in [0.717, 1.165) is 6.42 Å². The van der Waals surface area contributed by atoms with Crippen LogP contribution in [0.2, 0.25) is 0 Å². The maximum Gasteiger partial charge on any atom is 0.00641 e. The van der Waals surface area contributed by atoms with Gasteiger partial charge in [-0.25, -0.2) is 0 Å². The van der Waals surface area contributed by atoms with Crippen LogP contribution in [-0.2, 0) is 0 Å². The van der Waals surface area contributed by atoms with Crippen molar-refractivity contribution in [2.75, 3.05) is 19.3 Å². The van der Waals surface area contributed by atoms with E-state index in [-0.39, 0.29) is 0 Å². The van der Waals surface area contributed by atoms with E-state index in [1.165, 1.54) is 50.1 Å². The summed E-state index contributed by atoms with van der Waals surface area (Å²) < 4.78 is 0. The fourth-order valence-corrected chi connectivity index (χ4v) is 3.33. The molecule has 2 heteroatoms. The van der Waals surface area contributed by atoms with Crippen LogP contribution in [0.3, 0.4) is 0 Å². The van der Waals surface area contributed by atoms with Gasteiger partial charge in [-0.1, -0.05) is 78.7 Å². The molecule has 2 aliphatic rings. The molecule has 0 spiro atoms. The molecule has 1 aliphatic carbocycles. The average molecular weight is 368 g/mol. The number of hydrogen-bond acceptors (Lipinski definition) is 2. The molecule has 1 N–H and O–H groups in total. The van der Waals surface area contributed by atoms with E-state index < -0.39 is 0 Å². The molecule has 148 valence electrons. The van der Waals surface area contributed by atoms with Crippen LogP contribution in [0.4, 0.5) is 0 Å². The lowest BCUT2D eigenvalue weighted by molar-refractivity contribution is 0.228. The maximum atomic E-state index is 3.43. The summed E-state index contributed by atoms with van der Waals surface area (Å²) in [6.45, 7) is 17.6. The van der Waals surface area contributed by atoms with Crippen molar-refractivity contribution in [1.29, 1.82) is 0 Å². The molecule has 1 atom stereocenters. The highest BCUT2D eigenvalue weighted by Crippen LogP contribution is 2.28. The number of rotatable bonds is 3. The van der Waals surface area contributed by atoms with Crippen molar-refractivity contribution < 1.29 is 0 Å². The van der Waals surface area contributed by atoms with E-state index in [1.807, 2.05) is 25.6 Å². The third kappa shape index (κ3) is 13.4. The fraction of sp³-hybridized carbons (Fsp3) is 0.739. The van der Waals surface area contributed by atoms with E-state index in [9.17, 15) is 0 Å². The second-order valence-electron chi connectivity index (χ2n) is 6.67.